The van der Waals surface area contributed by atoms with Crippen LogP contribution in [0.15, 0.2) is 24.3 Å². The first-order valence-electron chi connectivity index (χ1n) is 11.4. The number of ether oxygens (including phenoxy) is 1. The van der Waals surface area contributed by atoms with Crippen molar-refractivity contribution in [1.82, 2.24) is 0 Å². The lowest BCUT2D eigenvalue weighted by Gasteiger charge is -2.43. The Morgan fingerprint density at radius 3 is 2.31 bits per heavy atom. The van der Waals surface area contributed by atoms with Gasteiger partial charge in [-0.1, -0.05) is 77.8 Å². The van der Waals surface area contributed by atoms with E-state index in [0.717, 1.165) is 24.7 Å². The Morgan fingerprint density at radius 2 is 1.65 bits per heavy atom. The van der Waals surface area contributed by atoms with Gasteiger partial charge in [0.25, 0.3) is 0 Å². The van der Waals surface area contributed by atoms with Gasteiger partial charge in [0.15, 0.2) is 0 Å². The fourth-order valence-electron chi connectivity index (χ4n) is 4.88. The van der Waals surface area contributed by atoms with Gasteiger partial charge in [-0.15, -0.1) is 0 Å². The minimum absolute atomic E-state index is 0.658. The summed E-state index contributed by atoms with van der Waals surface area (Å²) in [4.78, 5) is 0. The van der Waals surface area contributed by atoms with E-state index in [9.17, 15) is 0 Å². The van der Waals surface area contributed by atoms with Crippen LogP contribution in [0, 0.1) is 11.3 Å². The predicted molar refractivity (Wildman–Crippen MR) is 114 cm³/mol. The van der Waals surface area contributed by atoms with Crippen LogP contribution in [0.5, 0.6) is 5.75 Å². The van der Waals surface area contributed by atoms with Crippen molar-refractivity contribution in [1.29, 1.82) is 0 Å². The van der Waals surface area contributed by atoms with Crippen LogP contribution in [-0.4, -0.2) is 6.61 Å². The van der Waals surface area contributed by atoms with Crippen molar-refractivity contribution in [2.45, 2.75) is 104 Å². The molecule has 1 atom stereocenters. The second kappa shape index (κ2) is 11.7. The normalized spacial score (nSPS) is 17.8. The minimum Gasteiger partial charge on any atom is -0.494 e. The maximum absolute atomic E-state index is 5.77. The molecule has 148 valence electrons. The molecule has 1 aliphatic rings. The maximum Gasteiger partial charge on any atom is 0.119 e. The van der Waals surface area contributed by atoms with Crippen LogP contribution in [0.3, 0.4) is 0 Å². The lowest BCUT2D eigenvalue weighted by Crippen LogP contribution is -2.31. The molecule has 1 heteroatoms. The molecule has 0 heterocycles. The van der Waals surface area contributed by atoms with Crippen molar-refractivity contribution in [2.24, 2.45) is 11.3 Å². The minimum atomic E-state index is 0.658. The van der Waals surface area contributed by atoms with Crippen LogP contribution < -0.4 is 4.74 Å². The third-order valence-corrected chi connectivity index (χ3v) is 6.70. The molecular weight excluding hydrogens is 316 g/mol. The Balaban J connectivity index is 1.75. The number of unbranched alkanes of at least 4 members (excludes halogenated alkanes) is 2. The van der Waals surface area contributed by atoms with Gasteiger partial charge in [0.2, 0.25) is 0 Å². The van der Waals surface area contributed by atoms with E-state index in [4.69, 9.17) is 4.74 Å². The van der Waals surface area contributed by atoms with E-state index in [1.165, 1.54) is 82.6 Å². The molecule has 1 aliphatic carbocycles. The summed E-state index contributed by atoms with van der Waals surface area (Å²) in [6.07, 6.45) is 17.8. The monoisotopic (exact) mass is 358 g/mol. The van der Waals surface area contributed by atoms with Gasteiger partial charge >= 0.3 is 0 Å². The molecule has 1 saturated carbocycles. The third kappa shape index (κ3) is 6.63. The van der Waals surface area contributed by atoms with E-state index in [1.807, 2.05) is 0 Å². The number of hydrogen-bond donors (Lipinski definition) is 0. The number of hydrogen-bond acceptors (Lipinski definition) is 1. The van der Waals surface area contributed by atoms with Gasteiger partial charge in [-0.05, 0) is 67.6 Å². The summed E-state index contributed by atoms with van der Waals surface area (Å²) in [5.41, 5.74) is 2.12. The van der Waals surface area contributed by atoms with Crippen molar-refractivity contribution in [2.75, 3.05) is 6.61 Å². The molecule has 26 heavy (non-hydrogen) atoms. The van der Waals surface area contributed by atoms with Crippen LogP contribution >= 0.6 is 0 Å². The fraction of sp³-hybridized carbons (Fsp3) is 0.760. The molecule has 1 fully saturated rings. The van der Waals surface area contributed by atoms with E-state index in [-0.39, 0.29) is 0 Å². The van der Waals surface area contributed by atoms with Crippen molar-refractivity contribution in [3.63, 3.8) is 0 Å². The molecule has 0 bridgehead atoms. The van der Waals surface area contributed by atoms with Gasteiger partial charge in [-0.2, -0.15) is 0 Å². The second-order valence-corrected chi connectivity index (χ2v) is 8.67. The van der Waals surface area contributed by atoms with E-state index in [2.05, 4.69) is 45.0 Å². The second-order valence-electron chi connectivity index (χ2n) is 8.67. The predicted octanol–water partition coefficient (Wildman–Crippen LogP) is 7.97. The maximum atomic E-state index is 5.77. The Morgan fingerprint density at radius 1 is 0.923 bits per heavy atom. The summed E-state index contributed by atoms with van der Waals surface area (Å²) >= 11 is 0. The SMILES string of the molecule is CCCCOc1ccc(CCCCC2(C(C)CCC)CCCCC2)cc1. The van der Waals surface area contributed by atoms with E-state index in [1.54, 1.807) is 0 Å². The summed E-state index contributed by atoms with van der Waals surface area (Å²) < 4.78 is 5.77. The van der Waals surface area contributed by atoms with Crippen molar-refractivity contribution < 1.29 is 4.74 Å². The zero-order valence-corrected chi connectivity index (χ0v) is 17.7. The highest BCUT2D eigenvalue weighted by Gasteiger charge is 2.35. The van der Waals surface area contributed by atoms with Crippen LogP contribution in [0.1, 0.15) is 103 Å². The van der Waals surface area contributed by atoms with Gasteiger partial charge < -0.3 is 4.74 Å². The summed E-state index contributed by atoms with van der Waals surface area (Å²) in [5.74, 6) is 1.93. The zero-order chi connectivity index (χ0) is 18.7. The molecular formula is C25H42O. The molecule has 1 nitrogen and oxygen atoms in total. The highest BCUT2D eigenvalue weighted by Crippen LogP contribution is 2.48. The standard InChI is InChI=1S/C25H42O/c1-4-6-21-26-24-16-14-23(15-17-24)13-8-11-20-25(22(3)12-5-2)18-9-7-10-19-25/h14-17,22H,4-13,18-21H2,1-3H3. The summed E-state index contributed by atoms with van der Waals surface area (Å²) in [7, 11) is 0. The summed E-state index contributed by atoms with van der Waals surface area (Å²) in [5, 5.41) is 0. The quantitative estimate of drug-likeness (QED) is 0.344. The van der Waals surface area contributed by atoms with Crippen LogP contribution in [0.4, 0.5) is 0 Å². The Labute approximate surface area is 162 Å². The first-order valence-corrected chi connectivity index (χ1v) is 11.4. The van der Waals surface area contributed by atoms with Crippen LogP contribution in [-0.2, 0) is 6.42 Å². The van der Waals surface area contributed by atoms with Gasteiger partial charge in [-0.3, -0.25) is 0 Å². The van der Waals surface area contributed by atoms with Crippen molar-refractivity contribution >= 4 is 0 Å². The average Bonchev–Trinajstić information content (AvgIpc) is 2.67. The van der Waals surface area contributed by atoms with Gasteiger partial charge in [0, 0.05) is 0 Å². The molecule has 0 radical (unpaired) electrons. The molecule has 0 aliphatic heterocycles. The summed E-state index contributed by atoms with van der Waals surface area (Å²) in [6.45, 7) is 7.93. The van der Waals surface area contributed by atoms with E-state index in [0.29, 0.717) is 5.41 Å². The third-order valence-electron chi connectivity index (χ3n) is 6.70. The first-order chi connectivity index (χ1) is 12.7. The molecule has 1 unspecified atom stereocenters. The molecule has 0 spiro atoms. The van der Waals surface area contributed by atoms with Crippen LogP contribution in [0.2, 0.25) is 0 Å². The van der Waals surface area contributed by atoms with Crippen molar-refractivity contribution in [3.8, 4) is 5.75 Å². The molecule has 2 rings (SSSR count). The Bertz CT molecular complexity index is 469. The smallest absolute Gasteiger partial charge is 0.119 e. The average molecular weight is 359 g/mol. The molecule has 0 N–H and O–H groups in total. The van der Waals surface area contributed by atoms with Gasteiger partial charge in [0.1, 0.15) is 5.75 Å². The zero-order valence-electron chi connectivity index (χ0n) is 17.7. The topological polar surface area (TPSA) is 9.23 Å². The molecule has 0 saturated heterocycles. The van der Waals surface area contributed by atoms with Gasteiger partial charge in [0.05, 0.1) is 6.61 Å². The first kappa shape index (κ1) is 21.3. The molecule has 1 aromatic rings. The lowest BCUT2D eigenvalue weighted by molar-refractivity contribution is 0.0845. The molecule has 0 amide bonds. The van der Waals surface area contributed by atoms with Crippen LogP contribution in [0.25, 0.3) is 0 Å². The number of aryl methyl sites for hydroxylation is 1. The number of rotatable bonds is 12. The Kier molecular flexibility index (Phi) is 9.57. The highest BCUT2D eigenvalue weighted by atomic mass is 16.5. The molecule has 0 aromatic heterocycles. The highest BCUT2D eigenvalue weighted by molar-refractivity contribution is 5.27. The Hall–Kier alpha value is -0.980. The van der Waals surface area contributed by atoms with Crippen molar-refractivity contribution in [3.05, 3.63) is 29.8 Å². The van der Waals surface area contributed by atoms with Gasteiger partial charge in [-0.25, -0.2) is 0 Å². The number of benzene rings is 1. The summed E-state index contributed by atoms with van der Waals surface area (Å²) in [6, 6.07) is 8.82. The largest absolute Gasteiger partial charge is 0.494 e. The van der Waals surface area contributed by atoms with E-state index < -0.39 is 0 Å². The fourth-order valence-corrected chi connectivity index (χ4v) is 4.88. The molecule has 1 aromatic carbocycles. The van der Waals surface area contributed by atoms with E-state index >= 15 is 0 Å². The lowest BCUT2D eigenvalue weighted by atomic mass is 9.63.